The lowest BCUT2D eigenvalue weighted by Gasteiger charge is -2.17. The van der Waals surface area contributed by atoms with Gasteiger partial charge < -0.3 is 16.0 Å². The molecule has 0 aliphatic carbocycles. The number of nitrogens with zero attached hydrogens (tertiary/aromatic N) is 2. The average molecular weight is 497 g/mol. The van der Waals surface area contributed by atoms with Crippen LogP contribution in [0.15, 0.2) is 29.5 Å². The van der Waals surface area contributed by atoms with E-state index in [1.807, 2.05) is 13.8 Å². The number of pyridine rings is 1. The van der Waals surface area contributed by atoms with Gasteiger partial charge in [-0.2, -0.15) is 0 Å². The molecule has 0 fully saturated rings. The molecule has 0 spiro atoms. The zero-order chi connectivity index (χ0) is 18.7. The molecule has 0 aliphatic heterocycles. The van der Waals surface area contributed by atoms with E-state index in [1.54, 1.807) is 18.3 Å². The van der Waals surface area contributed by atoms with E-state index in [9.17, 15) is 13.2 Å². The Hall–Kier alpha value is -1.43. The minimum Gasteiger partial charge on any atom is -0.357 e. The van der Waals surface area contributed by atoms with E-state index in [0.717, 1.165) is 0 Å². The van der Waals surface area contributed by atoms with Crippen LogP contribution in [-0.2, 0) is 9.84 Å². The largest absolute Gasteiger partial charge is 0.357 e. The van der Waals surface area contributed by atoms with E-state index in [1.165, 1.54) is 12.5 Å². The van der Waals surface area contributed by atoms with Gasteiger partial charge in [-0.15, -0.1) is 24.0 Å². The van der Waals surface area contributed by atoms with Crippen LogP contribution in [0.25, 0.3) is 0 Å². The third-order valence-corrected chi connectivity index (χ3v) is 4.22. The highest BCUT2D eigenvalue weighted by Crippen LogP contribution is 1.96. The highest BCUT2D eigenvalue weighted by atomic mass is 127. The van der Waals surface area contributed by atoms with Crippen LogP contribution in [0, 0.1) is 0 Å². The Morgan fingerprint density at radius 2 is 2.08 bits per heavy atom. The van der Waals surface area contributed by atoms with Crippen molar-refractivity contribution in [3.8, 4) is 0 Å². The van der Waals surface area contributed by atoms with E-state index in [-0.39, 0.29) is 41.7 Å². The lowest BCUT2D eigenvalue weighted by molar-refractivity contribution is 0.0954. The van der Waals surface area contributed by atoms with Crippen molar-refractivity contribution in [1.82, 2.24) is 20.9 Å². The first kappa shape index (κ1) is 24.6. The van der Waals surface area contributed by atoms with Crippen LogP contribution in [0.3, 0.4) is 0 Å². The van der Waals surface area contributed by atoms with Gasteiger partial charge in [0.05, 0.1) is 17.9 Å². The number of hydrogen-bond donors (Lipinski definition) is 3. The summed E-state index contributed by atoms with van der Waals surface area (Å²) in [6.45, 7) is 5.33. The van der Waals surface area contributed by atoms with Gasteiger partial charge >= 0.3 is 0 Å². The van der Waals surface area contributed by atoms with Gasteiger partial charge in [0.25, 0.3) is 5.91 Å². The number of aromatic nitrogens is 1. The predicted molar refractivity (Wildman–Crippen MR) is 115 cm³/mol. The third-order valence-electron chi connectivity index (χ3n) is 3.24. The van der Waals surface area contributed by atoms with Gasteiger partial charge in [0.2, 0.25) is 0 Å². The Labute approximate surface area is 172 Å². The molecule has 0 radical (unpaired) electrons. The highest BCUT2D eigenvalue weighted by Gasteiger charge is 2.09. The lowest BCUT2D eigenvalue weighted by Crippen LogP contribution is -2.43. The van der Waals surface area contributed by atoms with Crippen LogP contribution in [0.1, 0.15) is 30.6 Å². The highest BCUT2D eigenvalue weighted by molar-refractivity contribution is 14.0. The minimum absolute atomic E-state index is 0. The Morgan fingerprint density at radius 3 is 2.65 bits per heavy atom. The molecular weight excluding hydrogens is 469 g/mol. The van der Waals surface area contributed by atoms with Crippen LogP contribution < -0.4 is 16.0 Å². The number of carbonyl (C=O) groups excluding carboxylic acids is 1. The fourth-order valence-corrected chi connectivity index (χ4v) is 2.73. The van der Waals surface area contributed by atoms with Gasteiger partial charge in [-0.1, -0.05) is 0 Å². The molecule has 0 aliphatic rings. The summed E-state index contributed by atoms with van der Waals surface area (Å²) in [5.74, 6) is 0.531. The van der Waals surface area contributed by atoms with Crippen molar-refractivity contribution >= 4 is 45.7 Å². The zero-order valence-corrected chi connectivity index (χ0v) is 18.5. The number of guanidine groups is 1. The minimum atomic E-state index is -2.98. The fourth-order valence-electron chi connectivity index (χ4n) is 1.95. The maximum Gasteiger partial charge on any atom is 0.252 e. The van der Waals surface area contributed by atoms with Gasteiger partial charge in [0, 0.05) is 37.8 Å². The summed E-state index contributed by atoms with van der Waals surface area (Å²) in [5, 5.41) is 9.03. The topological polar surface area (TPSA) is 113 Å². The number of carbonyl (C=O) groups is 1. The summed E-state index contributed by atoms with van der Waals surface area (Å²) in [7, 11) is -2.98. The quantitative estimate of drug-likeness (QED) is 0.202. The van der Waals surface area contributed by atoms with Crippen molar-refractivity contribution in [1.29, 1.82) is 0 Å². The first-order chi connectivity index (χ1) is 11.8. The average Bonchev–Trinajstić information content (AvgIpc) is 2.57. The molecule has 1 heterocycles. The summed E-state index contributed by atoms with van der Waals surface area (Å²) in [6, 6.07) is 3.37. The monoisotopic (exact) mass is 497 g/mol. The van der Waals surface area contributed by atoms with E-state index >= 15 is 0 Å². The van der Waals surface area contributed by atoms with E-state index in [0.29, 0.717) is 37.6 Å². The maximum atomic E-state index is 11.9. The first-order valence-electron chi connectivity index (χ1n) is 8.22. The van der Waals surface area contributed by atoms with Crippen molar-refractivity contribution < 1.29 is 13.2 Å². The molecule has 1 aromatic heterocycles. The summed E-state index contributed by atoms with van der Waals surface area (Å²) in [4.78, 5) is 20.2. The number of sulfone groups is 1. The van der Waals surface area contributed by atoms with Gasteiger partial charge in [-0.25, -0.2) is 8.42 Å². The van der Waals surface area contributed by atoms with Crippen molar-refractivity contribution in [2.75, 3.05) is 31.6 Å². The van der Waals surface area contributed by atoms with E-state index in [4.69, 9.17) is 0 Å². The second-order valence-corrected chi connectivity index (χ2v) is 7.98. The Morgan fingerprint density at radius 1 is 1.35 bits per heavy atom. The van der Waals surface area contributed by atoms with Crippen molar-refractivity contribution in [3.05, 3.63) is 30.1 Å². The molecule has 148 valence electrons. The van der Waals surface area contributed by atoms with Crippen LogP contribution >= 0.6 is 24.0 Å². The normalized spacial score (nSPS) is 12.7. The van der Waals surface area contributed by atoms with Crippen LogP contribution in [0.4, 0.5) is 0 Å². The number of nitrogens with one attached hydrogen (secondary N) is 3. The number of rotatable bonds is 9. The Kier molecular flexibility index (Phi) is 12.1. The van der Waals surface area contributed by atoms with Crippen molar-refractivity contribution in [2.45, 2.75) is 26.3 Å². The van der Waals surface area contributed by atoms with Crippen molar-refractivity contribution in [2.24, 2.45) is 4.99 Å². The van der Waals surface area contributed by atoms with Gasteiger partial charge in [-0.3, -0.25) is 14.8 Å². The van der Waals surface area contributed by atoms with E-state index in [2.05, 4.69) is 25.9 Å². The molecule has 1 unspecified atom stereocenters. The van der Waals surface area contributed by atoms with Gasteiger partial charge in [-0.05, 0) is 32.4 Å². The molecule has 8 nitrogen and oxygen atoms in total. The molecule has 1 aromatic rings. The SMILES string of the molecule is CCNC(=NCCNC(=O)c1cccnc1)NC(C)CCS(C)(=O)=O.I. The number of amides is 1. The molecule has 0 aromatic carbocycles. The summed E-state index contributed by atoms with van der Waals surface area (Å²) >= 11 is 0. The van der Waals surface area contributed by atoms with Gasteiger partial charge in [0.15, 0.2) is 5.96 Å². The summed E-state index contributed by atoms with van der Waals surface area (Å²) < 4.78 is 22.4. The third kappa shape index (κ3) is 11.2. The second kappa shape index (κ2) is 12.8. The van der Waals surface area contributed by atoms with Gasteiger partial charge in [0.1, 0.15) is 9.84 Å². The number of hydrogen-bond acceptors (Lipinski definition) is 5. The van der Waals surface area contributed by atoms with Crippen LogP contribution in [-0.4, -0.2) is 63.0 Å². The molecule has 0 saturated heterocycles. The zero-order valence-electron chi connectivity index (χ0n) is 15.4. The predicted octanol–water partition coefficient (Wildman–Crippen LogP) is 0.808. The molecule has 0 saturated carbocycles. The molecule has 0 bridgehead atoms. The Bertz CT molecular complexity index is 668. The number of halogens is 1. The maximum absolute atomic E-state index is 11.9. The molecule has 26 heavy (non-hydrogen) atoms. The molecular formula is C16H28IN5O3S. The fraction of sp³-hybridized carbons (Fsp3) is 0.562. The van der Waals surface area contributed by atoms with Crippen LogP contribution in [0.2, 0.25) is 0 Å². The van der Waals surface area contributed by atoms with E-state index < -0.39 is 9.84 Å². The standard InChI is InChI=1S/C16H27N5O3S.HI/c1-4-18-16(21-13(2)7-11-25(3,23)24)20-10-9-19-15(22)14-6-5-8-17-12-14;/h5-6,8,12-13H,4,7,9-11H2,1-3H3,(H,19,22)(H2,18,20,21);1H. The molecule has 1 rings (SSSR count). The molecule has 10 heteroatoms. The Balaban J connectivity index is 0.00000625. The lowest BCUT2D eigenvalue weighted by atomic mass is 10.3. The molecule has 1 atom stereocenters. The summed E-state index contributed by atoms with van der Waals surface area (Å²) in [5.41, 5.74) is 0.505. The first-order valence-corrected chi connectivity index (χ1v) is 10.3. The molecule has 3 N–H and O–H groups in total. The van der Waals surface area contributed by atoms with Crippen LogP contribution in [0.5, 0.6) is 0 Å². The van der Waals surface area contributed by atoms with Crippen molar-refractivity contribution in [3.63, 3.8) is 0 Å². The summed E-state index contributed by atoms with van der Waals surface area (Å²) in [6.07, 6.45) is 4.85. The molecule has 1 amide bonds. The smallest absolute Gasteiger partial charge is 0.252 e. The second-order valence-electron chi connectivity index (χ2n) is 5.72. The number of aliphatic imine (C=N–C) groups is 1.